The largest absolute Gasteiger partial charge is 0.324 e. The highest BCUT2D eigenvalue weighted by Gasteiger charge is 2.36. The van der Waals surface area contributed by atoms with Crippen molar-refractivity contribution in [1.82, 2.24) is 10.6 Å². The monoisotopic (exact) mass is 127 g/mol. The van der Waals surface area contributed by atoms with Crippen LogP contribution in [0, 0.1) is 0 Å². The predicted molar refractivity (Wildman–Crippen MR) is 30.8 cm³/mol. The second kappa shape index (κ2) is 1.46. The van der Waals surface area contributed by atoms with E-state index < -0.39 is 11.6 Å². The molecule has 1 aliphatic rings. The first kappa shape index (κ1) is 6.07. The highest BCUT2D eigenvalue weighted by atomic mass is 16.2. The number of carbonyl (C=O) groups is 2. The average Bonchev–Trinajstić information content (AvgIpc) is 1.79. The normalized spacial score (nSPS) is 23.3. The Bertz CT molecular complexity index is 174. The molecule has 4 heteroatoms. The van der Waals surface area contributed by atoms with Crippen LogP contribution in [-0.2, 0) is 4.79 Å². The van der Waals surface area contributed by atoms with E-state index in [1.165, 1.54) is 0 Å². The predicted octanol–water partition coefficient (Wildman–Crippen LogP) is -0.396. The third kappa shape index (κ3) is 0.872. The lowest BCUT2D eigenvalue weighted by molar-refractivity contribution is -0.122. The molecule has 0 aromatic carbocycles. The maximum Gasteiger partial charge on any atom is 0.322 e. The fourth-order valence-electron chi connectivity index (χ4n) is 0.631. The summed E-state index contributed by atoms with van der Waals surface area (Å²) in [5.41, 5.74) is -0.725. The lowest BCUT2D eigenvalue weighted by Crippen LogP contribution is -2.39. The van der Waals surface area contributed by atoms with Crippen LogP contribution in [0.5, 0.6) is 0 Å². The molecule has 0 spiro atoms. The molecule has 9 heavy (non-hydrogen) atoms. The van der Waals surface area contributed by atoms with Crippen molar-refractivity contribution in [3.8, 4) is 0 Å². The zero-order chi connectivity index (χ0) is 7.07. The second-order valence-corrected chi connectivity index (χ2v) is 2.53. The number of nitrogens with one attached hydrogen (secondary N) is 2. The van der Waals surface area contributed by atoms with Gasteiger partial charge in [0.05, 0.1) is 0 Å². The SMILES string of the molecule is CC1(C)N[11C](=O)NC1=O. The molecule has 0 aromatic rings. The zero-order valence-electron chi connectivity index (χ0n) is 5.32. The summed E-state index contributed by atoms with van der Waals surface area (Å²) in [5, 5.41) is 4.56. The maximum absolute atomic E-state index is 10.7. The Morgan fingerprint density at radius 1 is 1.33 bits per heavy atom. The van der Waals surface area contributed by atoms with Crippen LogP contribution in [0.4, 0.5) is 4.79 Å². The van der Waals surface area contributed by atoms with Crippen molar-refractivity contribution >= 4 is 11.9 Å². The highest BCUT2D eigenvalue weighted by Crippen LogP contribution is 2.05. The number of hydrogen-bond donors (Lipinski definition) is 2. The first-order valence-corrected chi connectivity index (χ1v) is 2.66. The maximum atomic E-state index is 10.7. The minimum Gasteiger partial charge on any atom is -0.324 e. The van der Waals surface area contributed by atoms with Gasteiger partial charge in [-0.1, -0.05) is 0 Å². The van der Waals surface area contributed by atoms with Crippen LogP contribution in [-0.4, -0.2) is 17.5 Å². The van der Waals surface area contributed by atoms with Crippen LogP contribution in [0.2, 0.25) is 0 Å². The van der Waals surface area contributed by atoms with Gasteiger partial charge in [0.1, 0.15) is 5.54 Å². The molecule has 2 N–H and O–H groups in total. The summed E-state index contributed by atoms with van der Waals surface area (Å²) < 4.78 is 0. The van der Waals surface area contributed by atoms with Gasteiger partial charge in [-0.25, -0.2) is 4.79 Å². The Morgan fingerprint density at radius 3 is 2.00 bits per heavy atom. The molecule has 0 atom stereocenters. The summed E-state index contributed by atoms with van der Waals surface area (Å²) in [6, 6.07) is -0.412. The summed E-state index contributed by atoms with van der Waals surface area (Å²) in [7, 11) is 0. The van der Waals surface area contributed by atoms with E-state index in [9.17, 15) is 9.59 Å². The fraction of sp³-hybridized carbons (Fsp3) is 0.600. The van der Waals surface area contributed by atoms with Crippen LogP contribution >= 0.6 is 0 Å². The lowest BCUT2D eigenvalue weighted by atomic mass is 10.1. The fourth-order valence-corrected chi connectivity index (χ4v) is 0.631. The van der Waals surface area contributed by atoms with Crippen LogP contribution in [0.25, 0.3) is 0 Å². The van der Waals surface area contributed by atoms with Crippen molar-refractivity contribution in [3.05, 3.63) is 0 Å². The minimum atomic E-state index is -0.725. The van der Waals surface area contributed by atoms with Gasteiger partial charge in [0.2, 0.25) is 0 Å². The summed E-state index contributed by atoms with van der Waals surface area (Å²) >= 11 is 0. The molecule has 1 rings (SSSR count). The first-order chi connectivity index (χ1) is 4.02. The van der Waals surface area contributed by atoms with E-state index in [2.05, 4.69) is 10.6 Å². The van der Waals surface area contributed by atoms with Crippen molar-refractivity contribution < 1.29 is 9.59 Å². The van der Waals surface area contributed by atoms with E-state index in [-0.39, 0.29) is 5.91 Å². The number of imide groups is 1. The molecule has 0 unspecified atom stereocenters. The number of amides is 3. The number of urea groups is 1. The standard InChI is InChI=1S/C5H8N2O2/c1-5(2)3(8)6-4(9)7-5/h1-2H3,(H2,6,7,8,9)/i4-1. The van der Waals surface area contributed by atoms with E-state index in [0.717, 1.165) is 0 Å². The molecule has 1 saturated heterocycles. The summed E-state index contributed by atoms with van der Waals surface area (Å²) in [6.07, 6.45) is 0. The summed E-state index contributed by atoms with van der Waals surface area (Å²) in [5.74, 6) is -0.271. The Morgan fingerprint density at radius 2 is 1.89 bits per heavy atom. The van der Waals surface area contributed by atoms with Crippen LogP contribution in [0.3, 0.4) is 0 Å². The van der Waals surface area contributed by atoms with Crippen LogP contribution < -0.4 is 10.6 Å². The minimum absolute atomic E-state index is 0.271. The quantitative estimate of drug-likeness (QED) is 0.435. The Labute approximate surface area is 52.6 Å². The molecule has 1 heterocycles. The zero-order valence-corrected chi connectivity index (χ0v) is 5.32. The number of rotatable bonds is 0. The van der Waals surface area contributed by atoms with Crippen molar-refractivity contribution in [1.29, 1.82) is 0 Å². The molecule has 1 fully saturated rings. The Kier molecular flexibility index (Phi) is 0.986. The molecule has 3 amide bonds. The van der Waals surface area contributed by atoms with Gasteiger partial charge in [-0.05, 0) is 13.8 Å². The van der Waals surface area contributed by atoms with Crippen LogP contribution in [0.15, 0.2) is 0 Å². The molecule has 0 aliphatic carbocycles. The third-order valence-corrected chi connectivity index (χ3v) is 1.22. The van der Waals surface area contributed by atoms with Gasteiger partial charge in [-0.3, -0.25) is 10.1 Å². The van der Waals surface area contributed by atoms with Gasteiger partial charge in [0, 0.05) is 0 Å². The van der Waals surface area contributed by atoms with Crippen molar-refractivity contribution in [3.63, 3.8) is 0 Å². The van der Waals surface area contributed by atoms with Gasteiger partial charge in [0.15, 0.2) is 0 Å². The summed E-state index contributed by atoms with van der Waals surface area (Å²) in [6.45, 7) is 3.29. The van der Waals surface area contributed by atoms with Gasteiger partial charge in [-0.2, -0.15) is 0 Å². The number of carbonyl (C=O) groups excluding carboxylic acids is 2. The van der Waals surface area contributed by atoms with Crippen LogP contribution in [0.1, 0.15) is 13.8 Å². The van der Waals surface area contributed by atoms with Gasteiger partial charge in [0.25, 0.3) is 5.91 Å². The van der Waals surface area contributed by atoms with E-state index in [4.69, 9.17) is 0 Å². The molecule has 0 radical (unpaired) electrons. The first-order valence-electron chi connectivity index (χ1n) is 2.66. The summed E-state index contributed by atoms with van der Waals surface area (Å²) in [4.78, 5) is 21.1. The molecule has 4 nitrogen and oxygen atoms in total. The molecular weight excluding hydrogens is 119 g/mol. The van der Waals surface area contributed by atoms with Crippen molar-refractivity contribution in [2.45, 2.75) is 19.4 Å². The van der Waals surface area contributed by atoms with Gasteiger partial charge < -0.3 is 5.32 Å². The lowest BCUT2D eigenvalue weighted by Gasteiger charge is -2.11. The molecule has 50 valence electrons. The topological polar surface area (TPSA) is 58.2 Å². The van der Waals surface area contributed by atoms with E-state index in [0.29, 0.717) is 0 Å². The van der Waals surface area contributed by atoms with Crippen molar-refractivity contribution in [2.24, 2.45) is 0 Å². The van der Waals surface area contributed by atoms with E-state index >= 15 is 0 Å². The van der Waals surface area contributed by atoms with E-state index in [1.807, 2.05) is 0 Å². The van der Waals surface area contributed by atoms with E-state index in [1.54, 1.807) is 13.8 Å². The smallest absolute Gasteiger partial charge is 0.322 e. The Balaban J connectivity index is 2.81. The second-order valence-electron chi connectivity index (χ2n) is 2.53. The van der Waals surface area contributed by atoms with Crippen molar-refractivity contribution in [2.75, 3.05) is 0 Å². The van der Waals surface area contributed by atoms with Gasteiger partial charge >= 0.3 is 6.03 Å². The Hall–Kier alpha value is -1.06. The highest BCUT2D eigenvalue weighted by molar-refractivity contribution is 6.06. The molecule has 0 bridgehead atoms. The third-order valence-electron chi connectivity index (χ3n) is 1.22. The number of hydrogen-bond acceptors (Lipinski definition) is 2. The van der Waals surface area contributed by atoms with Gasteiger partial charge in [-0.15, -0.1) is 0 Å². The average molecular weight is 127 g/mol. The molecule has 0 aromatic heterocycles. The molecule has 0 saturated carbocycles. The molecule has 1 aliphatic heterocycles. The molecular formula is C5H8N2O2.